The predicted octanol–water partition coefficient (Wildman–Crippen LogP) is 8.47. The third kappa shape index (κ3) is 6.89. The highest BCUT2D eigenvalue weighted by atomic mass is 35.5. The number of fused-ring (bicyclic) bond motifs is 2. The van der Waals surface area contributed by atoms with E-state index in [4.69, 9.17) is 35.6 Å². The smallest absolute Gasteiger partial charge is 0.337 e. The topological polar surface area (TPSA) is 120 Å². The lowest BCUT2D eigenvalue weighted by molar-refractivity contribution is -0.160. The molecule has 1 aliphatic heterocycles. The number of esters is 1. The summed E-state index contributed by atoms with van der Waals surface area (Å²) in [5, 5.41) is 17.1. The molecule has 3 aromatic carbocycles. The van der Waals surface area contributed by atoms with Crippen molar-refractivity contribution in [3.8, 4) is 22.6 Å². The number of rotatable bonds is 8. The highest BCUT2D eigenvalue weighted by molar-refractivity contribution is 6.30. The number of benzene rings is 3. The first-order chi connectivity index (χ1) is 24.3. The minimum absolute atomic E-state index is 0.0101. The van der Waals surface area contributed by atoms with Gasteiger partial charge in [-0.2, -0.15) is 5.10 Å². The summed E-state index contributed by atoms with van der Waals surface area (Å²) in [5.74, 6) is -0.419. The molecule has 1 aliphatic carbocycles. The van der Waals surface area contributed by atoms with E-state index in [0.29, 0.717) is 45.1 Å². The lowest BCUT2D eigenvalue weighted by Crippen LogP contribution is -2.40. The molecule has 7 rings (SSSR count). The van der Waals surface area contributed by atoms with Crippen molar-refractivity contribution in [3.63, 3.8) is 0 Å². The zero-order chi connectivity index (χ0) is 36.2. The monoisotopic (exact) mass is 712 g/mol. The Morgan fingerprint density at radius 3 is 2.39 bits per heavy atom. The molecular weight excluding hydrogens is 668 g/mol. The lowest BCUT2D eigenvalue weighted by Gasteiger charge is -2.35. The number of oxazole rings is 1. The van der Waals surface area contributed by atoms with Gasteiger partial charge >= 0.3 is 11.9 Å². The molecule has 2 fully saturated rings. The third-order valence-corrected chi connectivity index (χ3v) is 10.8. The van der Waals surface area contributed by atoms with Crippen molar-refractivity contribution >= 4 is 45.5 Å². The molecule has 0 amide bonds. The lowest BCUT2D eigenvalue weighted by atomic mass is 9.90. The van der Waals surface area contributed by atoms with Crippen LogP contribution in [-0.2, 0) is 26.1 Å². The summed E-state index contributed by atoms with van der Waals surface area (Å²) in [6.45, 7) is 9.35. The molecule has 1 unspecified atom stereocenters. The number of hydrogen-bond acceptors (Lipinski definition) is 8. The van der Waals surface area contributed by atoms with Crippen molar-refractivity contribution in [2.24, 2.45) is 13.0 Å². The zero-order valence-corrected chi connectivity index (χ0v) is 30.8. The summed E-state index contributed by atoms with van der Waals surface area (Å²) >= 11 is 6.27. The van der Waals surface area contributed by atoms with Crippen molar-refractivity contribution in [1.82, 2.24) is 19.7 Å². The second-order valence-electron chi connectivity index (χ2n) is 15.0. The SMILES string of the molecule is COC(=O)C1CC[C@H](N2CCC(c3nn(C)c4ccc(-c5nc6cc(C)c([C@H](OC(C)(C)C)C(=O)O)c(-c7ccc(Cl)cc7)c6o5)cc34)CC2)C1. The van der Waals surface area contributed by atoms with E-state index in [1.807, 2.05) is 63.7 Å². The summed E-state index contributed by atoms with van der Waals surface area (Å²) < 4.78 is 19.7. The number of carbonyl (C=O) groups excluding carboxylic acids is 1. The van der Waals surface area contributed by atoms with Crippen LogP contribution in [0, 0.1) is 12.8 Å². The summed E-state index contributed by atoms with van der Waals surface area (Å²) in [6, 6.07) is 15.8. The van der Waals surface area contributed by atoms with Gasteiger partial charge in [0, 0.05) is 46.1 Å². The molecule has 0 bridgehead atoms. The number of carboxylic acid groups (broad SMARTS) is 1. The Morgan fingerprint density at radius 1 is 1.02 bits per heavy atom. The molecule has 10 nitrogen and oxygen atoms in total. The Balaban J connectivity index is 1.24. The Morgan fingerprint density at radius 2 is 1.73 bits per heavy atom. The molecule has 1 saturated carbocycles. The standard InChI is InChI=1S/C40H45ClN4O6/c1-22-19-30-35(33(23-7-11-27(41)12-8-23)32(22)36(38(46)47)51-40(2,3)4)50-37(42-30)25-10-14-31-29(21-25)34(43-44(31)5)24-15-17-45(18-16-24)28-13-9-26(20-28)39(48)49-6/h7-8,10-12,14,19,21,24,26,28,36H,9,13,15-18,20H2,1-6H3,(H,46,47)/t26?,28-,36-/m0/s1. The number of methoxy groups -OCH3 is 1. The molecule has 0 radical (unpaired) electrons. The van der Waals surface area contributed by atoms with Gasteiger partial charge in [0.2, 0.25) is 5.89 Å². The summed E-state index contributed by atoms with van der Waals surface area (Å²) in [7, 11) is 3.46. The van der Waals surface area contributed by atoms with Gasteiger partial charge in [-0.05, 0) is 120 Å². The van der Waals surface area contributed by atoms with E-state index in [2.05, 4.69) is 17.0 Å². The normalized spacial score (nSPS) is 19.6. The van der Waals surface area contributed by atoms with Crippen molar-refractivity contribution in [3.05, 3.63) is 70.4 Å². The van der Waals surface area contributed by atoms with Crippen LogP contribution in [0.2, 0.25) is 5.02 Å². The van der Waals surface area contributed by atoms with Crippen LogP contribution in [-0.4, -0.2) is 68.6 Å². The van der Waals surface area contributed by atoms with Gasteiger partial charge in [-0.3, -0.25) is 9.48 Å². The fourth-order valence-corrected chi connectivity index (χ4v) is 8.22. The summed E-state index contributed by atoms with van der Waals surface area (Å²) in [6.07, 6.45) is 3.55. The van der Waals surface area contributed by atoms with Gasteiger partial charge in [-0.1, -0.05) is 23.7 Å². The Hall–Kier alpha value is -4.25. The fraction of sp³-hybridized carbons (Fsp3) is 0.450. The molecule has 1 N–H and O–H groups in total. The Kier molecular flexibility index (Phi) is 9.45. The quantitative estimate of drug-likeness (QED) is 0.158. The maximum Gasteiger partial charge on any atom is 0.337 e. The first-order valence-electron chi connectivity index (χ1n) is 17.7. The molecule has 2 aliphatic rings. The van der Waals surface area contributed by atoms with Crippen LogP contribution >= 0.6 is 11.6 Å². The second kappa shape index (κ2) is 13.7. The van der Waals surface area contributed by atoms with Crippen LogP contribution in [0.15, 0.2) is 52.9 Å². The van der Waals surface area contributed by atoms with E-state index in [1.54, 1.807) is 12.1 Å². The number of aromatic nitrogens is 3. The van der Waals surface area contributed by atoms with Crippen molar-refractivity contribution < 1.29 is 28.6 Å². The number of aliphatic carboxylic acids is 1. The minimum Gasteiger partial charge on any atom is -0.479 e. The van der Waals surface area contributed by atoms with Crippen LogP contribution in [0.3, 0.4) is 0 Å². The van der Waals surface area contributed by atoms with Gasteiger partial charge in [0.1, 0.15) is 5.52 Å². The predicted molar refractivity (Wildman–Crippen MR) is 197 cm³/mol. The van der Waals surface area contributed by atoms with Crippen molar-refractivity contribution in [1.29, 1.82) is 0 Å². The van der Waals surface area contributed by atoms with E-state index in [1.165, 1.54) is 7.11 Å². The van der Waals surface area contributed by atoms with Crippen LogP contribution < -0.4 is 0 Å². The van der Waals surface area contributed by atoms with Crippen LogP contribution in [0.1, 0.15) is 81.7 Å². The van der Waals surface area contributed by atoms with Gasteiger partial charge in [0.15, 0.2) is 11.7 Å². The molecule has 2 aromatic heterocycles. The number of aryl methyl sites for hydroxylation is 2. The van der Waals surface area contributed by atoms with Gasteiger partial charge in [0.25, 0.3) is 0 Å². The van der Waals surface area contributed by atoms with Crippen molar-refractivity contribution in [2.75, 3.05) is 20.2 Å². The number of likely N-dealkylation sites (tertiary alicyclic amines) is 1. The highest BCUT2D eigenvalue weighted by Crippen LogP contribution is 2.43. The maximum atomic E-state index is 12.7. The molecule has 5 aromatic rings. The van der Waals surface area contributed by atoms with Crippen LogP contribution in [0.5, 0.6) is 0 Å². The number of nitrogens with zero attached hydrogens (tertiary/aromatic N) is 4. The Bertz CT molecular complexity index is 2110. The highest BCUT2D eigenvalue weighted by Gasteiger charge is 2.37. The average Bonchev–Trinajstić information content (AvgIpc) is 3.84. The van der Waals surface area contributed by atoms with E-state index >= 15 is 0 Å². The second-order valence-corrected chi connectivity index (χ2v) is 15.5. The first-order valence-corrected chi connectivity index (χ1v) is 18.1. The zero-order valence-electron chi connectivity index (χ0n) is 30.0. The molecule has 3 heterocycles. The van der Waals surface area contributed by atoms with Gasteiger partial charge in [0.05, 0.1) is 29.8 Å². The van der Waals surface area contributed by atoms with Crippen LogP contribution in [0.25, 0.3) is 44.6 Å². The van der Waals surface area contributed by atoms with E-state index < -0.39 is 17.7 Å². The first kappa shape index (κ1) is 35.2. The van der Waals surface area contributed by atoms with E-state index in [0.717, 1.165) is 78.5 Å². The molecule has 268 valence electrons. The Labute approximate surface area is 302 Å². The van der Waals surface area contributed by atoms with E-state index in [-0.39, 0.29) is 11.9 Å². The number of piperidine rings is 1. The number of carbonyl (C=O) groups is 2. The van der Waals surface area contributed by atoms with Gasteiger partial charge in [-0.15, -0.1) is 0 Å². The number of hydrogen-bond donors (Lipinski definition) is 1. The number of ether oxygens (including phenoxy) is 2. The number of halogens is 1. The average molecular weight is 713 g/mol. The molecular formula is C40H45ClN4O6. The molecule has 11 heteroatoms. The molecule has 3 atom stereocenters. The summed E-state index contributed by atoms with van der Waals surface area (Å²) in [4.78, 5) is 32.3. The van der Waals surface area contributed by atoms with Crippen LogP contribution in [0.4, 0.5) is 0 Å². The number of carboxylic acids is 1. The molecule has 51 heavy (non-hydrogen) atoms. The minimum atomic E-state index is -1.24. The molecule has 0 spiro atoms. The fourth-order valence-electron chi connectivity index (χ4n) is 8.10. The molecule has 1 saturated heterocycles. The van der Waals surface area contributed by atoms with Crippen molar-refractivity contribution in [2.45, 2.75) is 83.5 Å². The van der Waals surface area contributed by atoms with E-state index in [9.17, 15) is 14.7 Å². The summed E-state index contributed by atoms with van der Waals surface area (Å²) in [5.41, 5.74) is 5.94. The largest absolute Gasteiger partial charge is 0.479 e. The van der Waals surface area contributed by atoms with Gasteiger partial charge < -0.3 is 23.9 Å². The van der Waals surface area contributed by atoms with Gasteiger partial charge in [-0.25, -0.2) is 9.78 Å². The third-order valence-electron chi connectivity index (χ3n) is 10.5. The maximum absolute atomic E-state index is 12.7.